The van der Waals surface area contributed by atoms with Crippen LogP contribution in [0, 0.1) is 0 Å². The highest BCUT2D eigenvalue weighted by Crippen LogP contribution is 2.21. The van der Waals surface area contributed by atoms with Crippen LogP contribution in [0.1, 0.15) is 13.3 Å². The summed E-state index contributed by atoms with van der Waals surface area (Å²) in [5, 5.41) is 0.584. The van der Waals surface area contributed by atoms with E-state index in [1.807, 2.05) is 0 Å². The molecule has 4 heteroatoms. The Bertz CT molecular complexity index is 210. The van der Waals surface area contributed by atoms with Gasteiger partial charge in [0.25, 0.3) is 0 Å². The first-order valence-electron chi connectivity index (χ1n) is 3.87. The van der Waals surface area contributed by atoms with E-state index in [-0.39, 0.29) is 5.97 Å². The average molecular weight is 235 g/mol. The van der Waals surface area contributed by atoms with Crippen LogP contribution in [0.5, 0.6) is 0 Å². The van der Waals surface area contributed by atoms with Crippen LogP contribution in [0.2, 0.25) is 0 Å². The first-order valence-corrected chi connectivity index (χ1v) is 4.99. The van der Waals surface area contributed by atoms with E-state index < -0.39 is 0 Å². The molecule has 0 fully saturated rings. The van der Waals surface area contributed by atoms with E-state index in [4.69, 9.17) is 9.47 Å². The second-order valence-electron chi connectivity index (χ2n) is 2.35. The number of rotatable bonds is 3. The Hall–Kier alpha value is -0.510. The molecular weight excluding hydrogens is 224 g/mol. The summed E-state index contributed by atoms with van der Waals surface area (Å²) in [7, 11) is 0. The van der Waals surface area contributed by atoms with E-state index in [1.54, 1.807) is 6.92 Å². The topological polar surface area (TPSA) is 35.5 Å². The molecule has 0 unspecified atom stereocenters. The van der Waals surface area contributed by atoms with Crippen LogP contribution < -0.4 is 0 Å². The monoisotopic (exact) mass is 234 g/mol. The third-order valence-electron chi connectivity index (χ3n) is 1.61. The predicted molar refractivity (Wildman–Crippen MR) is 48.0 cm³/mol. The molecule has 0 amide bonds. The fourth-order valence-corrected chi connectivity index (χ4v) is 1.56. The van der Waals surface area contributed by atoms with Gasteiger partial charge in [0.15, 0.2) is 0 Å². The van der Waals surface area contributed by atoms with Crippen molar-refractivity contribution >= 4 is 21.9 Å². The summed E-state index contributed by atoms with van der Waals surface area (Å²) in [4.78, 5) is 11.2. The summed E-state index contributed by atoms with van der Waals surface area (Å²) >= 11 is 3.25. The standard InChI is InChI=1S/C8H11BrO3/c1-2-11-8(10)6-3-4-12-7(6)5-9/h2-5H2,1H3. The summed E-state index contributed by atoms with van der Waals surface area (Å²) in [6.45, 7) is 2.80. The first-order chi connectivity index (χ1) is 5.79. The van der Waals surface area contributed by atoms with Gasteiger partial charge in [0.1, 0.15) is 5.76 Å². The molecule has 0 atom stereocenters. The zero-order chi connectivity index (χ0) is 8.97. The van der Waals surface area contributed by atoms with E-state index in [0.29, 0.717) is 36.3 Å². The summed E-state index contributed by atoms with van der Waals surface area (Å²) in [5.41, 5.74) is 0.675. The number of carbonyl (C=O) groups is 1. The number of hydrogen-bond acceptors (Lipinski definition) is 3. The number of ether oxygens (including phenoxy) is 2. The molecule has 0 aromatic carbocycles. The second-order valence-corrected chi connectivity index (χ2v) is 2.92. The molecule has 0 bridgehead atoms. The molecule has 1 heterocycles. The van der Waals surface area contributed by atoms with Gasteiger partial charge in [0.05, 0.1) is 24.1 Å². The Morgan fingerprint density at radius 1 is 1.75 bits per heavy atom. The molecule has 3 nitrogen and oxygen atoms in total. The fourth-order valence-electron chi connectivity index (χ4n) is 1.06. The van der Waals surface area contributed by atoms with Crippen molar-refractivity contribution in [3.8, 4) is 0 Å². The number of alkyl halides is 1. The molecule has 0 aliphatic carbocycles. The highest BCUT2D eigenvalue weighted by Gasteiger charge is 2.22. The summed E-state index contributed by atoms with van der Waals surface area (Å²) in [6.07, 6.45) is 0.666. The smallest absolute Gasteiger partial charge is 0.337 e. The van der Waals surface area contributed by atoms with Crippen molar-refractivity contribution < 1.29 is 14.3 Å². The molecule has 0 radical (unpaired) electrons. The third kappa shape index (κ3) is 2.00. The predicted octanol–water partition coefficient (Wildman–Crippen LogP) is 1.62. The maximum Gasteiger partial charge on any atom is 0.337 e. The van der Waals surface area contributed by atoms with Crippen LogP contribution in [0.4, 0.5) is 0 Å². The van der Waals surface area contributed by atoms with Crippen molar-refractivity contribution in [3.05, 3.63) is 11.3 Å². The van der Waals surface area contributed by atoms with Crippen LogP contribution in [-0.2, 0) is 14.3 Å². The number of hydrogen-bond donors (Lipinski definition) is 0. The lowest BCUT2D eigenvalue weighted by molar-refractivity contribution is -0.138. The Labute approximate surface area is 79.9 Å². The quantitative estimate of drug-likeness (QED) is 0.550. The lowest BCUT2D eigenvalue weighted by atomic mass is 10.2. The normalized spacial score (nSPS) is 16.2. The highest BCUT2D eigenvalue weighted by atomic mass is 79.9. The number of allylic oxidation sites excluding steroid dienone is 1. The highest BCUT2D eigenvalue weighted by molar-refractivity contribution is 9.09. The molecule has 1 aliphatic heterocycles. The SMILES string of the molecule is CCOC(=O)C1=C(CBr)OCC1. The molecule has 0 aromatic rings. The third-order valence-corrected chi connectivity index (χ3v) is 2.12. The Kier molecular flexibility index (Phi) is 3.59. The van der Waals surface area contributed by atoms with Crippen LogP contribution in [0.3, 0.4) is 0 Å². The average Bonchev–Trinajstić information content (AvgIpc) is 2.51. The zero-order valence-electron chi connectivity index (χ0n) is 6.93. The molecule has 12 heavy (non-hydrogen) atoms. The van der Waals surface area contributed by atoms with Gasteiger partial charge in [-0.3, -0.25) is 0 Å². The lowest BCUT2D eigenvalue weighted by Crippen LogP contribution is -2.08. The van der Waals surface area contributed by atoms with Crippen molar-refractivity contribution in [2.45, 2.75) is 13.3 Å². The summed E-state index contributed by atoms with van der Waals surface area (Å²) in [6, 6.07) is 0. The molecular formula is C8H11BrO3. The van der Waals surface area contributed by atoms with Crippen LogP contribution >= 0.6 is 15.9 Å². The van der Waals surface area contributed by atoms with Gasteiger partial charge < -0.3 is 9.47 Å². The molecule has 0 saturated carbocycles. The maximum absolute atomic E-state index is 11.2. The maximum atomic E-state index is 11.2. The van der Waals surface area contributed by atoms with Gasteiger partial charge in [0.2, 0.25) is 0 Å². The molecule has 0 aromatic heterocycles. The van der Waals surface area contributed by atoms with Crippen molar-refractivity contribution in [2.75, 3.05) is 18.5 Å². The second kappa shape index (κ2) is 4.50. The van der Waals surface area contributed by atoms with E-state index in [2.05, 4.69) is 15.9 Å². The van der Waals surface area contributed by atoms with Gasteiger partial charge in [-0.1, -0.05) is 15.9 Å². The van der Waals surface area contributed by atoms with E-state index in [9.17, 15) is 4.79 Å². The van der Waals surface area contributed by atoms with Gasteiger partial charge >= 0.3 is 5.97 Å². The molecule has 0 saturated heterocycles. The largest absolute Gasteiger partial charge is 0.496 e. The van der Waals surface area contributed by atoms with Gasteiger partial charge in [-0.15, -0.1) is 0 Å². The van der Waals surface area contributed by atoms with Crippen molar-refractivity contribution in [2.24, 2.45) is 0 Å². The van der Waals surface area contributed by atoms with Gasteiger partial charge in [-0.05, 0) is 6.92 Å². The minimum atomic E-state index is -0.246. The van der Waals surface area contributed by atoms with E-state index >= 15 is 0 Å². The van der Waals surface area contributed by atoms with Crippen LogP contribution in [0.25, 0.3) is 0 Å². The van der Waals surface area contributed by atoms with Crippen molar-refractivity contribution in [1.29, 1.82) is 0 Å². The van der Waals surface area contributed by atoms with E-state index in [1.165, 1.54) is 0 Å². The zero-order valence-corrected chi connectivity index (χ0v) is 8.52. The van der Waals surface area contributed by atoms with Gasteiger partial charge in [0, 0.05) is 6.42 Å². The summed E-state index contributed by atoms with van der Waals surface area (Å²) < 4.78 is 10.1. The molecule has 0 spiro atoms. The fraction of sp³-hybridized carbons (Fsp3) is 0.625. The van der Waals surface area contributed by atoms with Crippen molar-refractivity contribution in [3.63, 3.8) is 0 Å². The minimum Gasteiger partial charge on any atom is -0.496 e. The first kappa shape index (κ1) is 9.58. The lowest BCUT2D eigenvalue weighted by Gasteiger charge is -2.02. The molecule has 0 N–H and O–H groups in total. The van der Waals surface area contributed by atoms with Crippen LogP contribution in [0.15, 0.2) is 11.3 Å². The molecule has 68 valence electrons. The van der Waals surface area contributed by atoms with Crippen LogP contribution in [-0.4, -0.2) is 24.5 Å². The minimum absolute atomic E-state index is 0.246. The summed E-state index contributed by atoms with van der Waals surface area (Å²) in [5.74, 6) is 0.470. The molecule has 1 rings (SSSR count). The molecule has 1 aliphatic rings. The van der Waals surface area contributed by atoms with Gasteiger partial charge in [-0.25, -0.2) is 4.79 Å². The number of esters is 1. The number of halogens is 1. The Balaban J connectivity index is 2.65. The van der Waals surface area contributed by atoms with E-state index in [0.717, 1.165) is 0 Å². The Morgan fingerprint density at radius 2 is 2.50 bits per heavy atom. The number of carbonyl (C=O) groups excluding carboxylic acids is 1. The van der Waals surface area contributed by atoms with Gasteiger partial charge in [-0.2, -0.15) is 0 Å². The van der Waals surface area contributed by atoms with Crippen molar-refractivity contribution in [1.82, 2.24) is 0 Å². The Morgan fingerprint density at radius 3 is 3.08 bits per heavy atom.